The molecular formula is C15H25NO. The van der Waals surface area contributed by atoms with Gasteiger partial charge in [-0.2, -0.15) is 0 Å². The summed E-state index contributed by atoms with van der Waals surface area (Å²) in [6.07, 6.45) is 10.5. The first-order valence-electron chi connectivity index (χ1n) is 6.91. The molecular weight excluding hydrogens is 210 g/mol. The molecule has 0 aromatic carbocycles. The van der Waals surface area contributed by atoms with Crippen LogP contribution in [0.15, 0.2) is 24.8 Å². The van der Waals surface area contributed by atoms with Gasteiger partial charge in [-0.05, 0) is 43.9 Å². The van der Waals surface area contributed by atoms with Crippen LogP contribution in [-0.2, 0) is 4.74 Å². The van der Waals surface area contributed by atoms with E-state index in [0.717, 1.165) is 43.9 Å². The van der Waals surface area contributed by atoms with Crippen molar-refractivity contribution in [3.05, 3.63) is 24.8 Å². The lowest BCUT2D eigenvalue weighted by molar-refractivity contribution is 0.135. The first kappa shape index (κ1) is 12.8. The van der Waals surface area contributed by atoms with Crippen LogP contribution in [0, 0.1) is 17.8 Å². The molecule has 2 nitrogen and oxygen atoms in total. The third-order valence-corrected chi connectivity index (χ3v) is 4.15. The third-order valence-electron chi connectivity index (χ3n) is 4.15. The van der Waals surface area contributed by atoms with Crippen LogP contribution < -0.4 is 5.32 Å². The summed E-state index contributed by atoms with van der Waals surface area (Å²) in [6.45, 7) is 8.59. The number of rotatable bonds is 8. The quantitative estimate of drug-likeness (QED) is 0.516. The summed E-state index contributed by atoms with van der Waals surface area (Å²) in [4.78, 5) is 0. The van der Waals surface area contributed by atoms with Crippen molar-refractivity contribution in [2.75, 3.05) is 19.8 Å². The molecule has 96 valence electrons. The van der Waals surface area contributed by atoms with E-state index in [9.17, 15) is 0 Å². The lowest BCUT2D eigenvalue weighted by Gasteiger charge is -2.26. The largest absolute Gasteiger partial charge is 0.380 e. The van der Waals surface area contributed by atoms with Gasteiger partial charge in [0, 0.05) is 12.6 Å². The van der Waals surface area contributed by atoms with E-state index in [0.29, 0.717) is 6.04 Å². The zero-order chi connectivity index (χ0) is 12.1. The molecule has 2 aliphatic rings. The molecule has 4 unspecified atom stereocenters. The summed E-state index contributed by atoms with van der Waals surface area (Å²) in [7, 11) is 0. The molecule has 0 aliphatic heterocycles. The summed E-state index contributed by atoms with van der Waals surface area (Å²) in [6, 6.07) is 0.623. The van der Waals surface area contributed by atoms with E-state index < -0.39 is 0 Å². The Labute approximate surface area is 105 Å². The molecule has 4 atom stereocenters. The van der Waals surface area contributed by atoms with Crippen molar-refractivity contribution in [1.29, 1.82) is 0 Å². The fourth-order valence-corrected chi connectivity index (χ4v) is 3.18. The maximum Gasteiger partial charge on any atom is 0.0591 e. The van der Waals surface area contributed by atoms with E-state index in [-0.39, 0.29) is 0 Å². The molecule has 0 aromatic rings. The second-order valence-corrected chi connectivity index (χ2v) is 5.38. The predicted molar refractivity (Wildman–Crippen MR) is 71.9 cm³/mol. The summed E-state index contributed by atoms with van der Waals surface area (Å²) >= 11 is 0. The molecule has 0 heterocycles. The van der Waals surface area contributed by atoms with Crippen molar-refractivity contribution in [3.8, 4) is 0 Å². The SMILES string of the molecule is C=CCCOCCNC(C)C1CC2C=CC1C2. The van der Waals surface area contributed by atoms with Gasteiger partial charge < -0.3 is 10.1 Å². The number of nitrogens with one attached hydrogen (secondary N) is 1. The highest BCUT2D eigenvalue weighted by atomic mass is 16.5. The topological polar surface area (TPSA) is 21.3 Å². The molecule has 2 heteroatoms. The van der Waals surface area contributed by atoms with Gasteiger partial charge in [0.1, 0.15) is 0 Å². The molecule has 0 saturated heterocycles. The average molecular weight is 235 g/mol. The molecule has 0 aromatic heterocycles. The number of hydrogen-bond acceptors (Lipinski definition) is 2. The smallest absolute Gasteiger partial charge is 0.0591 e. The highest BCUT2D eigenvalue weighted by molar-refractivity contribution is 5.11. The molecule has 1 N–H and O–H groups in total. The fraction of sp³-hybridized carbons (Fsp3) is 0.733. The van der Waals surface area contributed by atoms with Crippen molar-refractivity contribution < 1.29 is 4.74 Å². The van der Waals surface area contributed by atoms with Crippen LogP contribution >= 0.6 is 0 Å². The molecule has 2 bridgehead atoms. The standard InChI is InChI=1S/C15H25NO/c1-3-4-8-17-9-7-16-12(2)15-11-13-5-6-14(15)10-13/h3,5-6,12-16H,1,4,7-11H2,2H3. The Morgan fingerprint density at radius 3 is 2.94 bits per heavy atom. The molecule has 2 aliphatic carbocycles. The number of fused-ring (bicyclic) bond motifs is 2. The summed E-state index contributed by atoms with van der Waals surface area (Å²) in [5, 5.41) is 3.60. The lowest BCUT2D eigenvalue weighted by atomic mass is 9.87. The van der Waals surface area contributed by atoms with Crippen molar-refractivity contribution in [1.82, 2.24) is 5.32 Å². The molecule has 0 amide bonds. The van der Waals surface area contributed by atoms with Gasteiger partial charge in [-0.25, -0.2) is 0 Å². The monoisotopic (exact) mass is 235 g/mol. The van der Waals surface area contributed by atoms with Crippen LogP contribution in [0.3, 0.4) is 0 Å². The van der Waals surface area contributed by atoms with Crippen LogP contribution in [0.2, 0.25) is 0 Å². The van der Waals surface area contributed by atoms with Gasteiger partial charge in [-0.3, -0.25) is 0 Å². The average Bonchev–Trinajstić information content (AvgIpc) is 2.95. The highest BCUT2D eigenvalue weighted by Gasteiger charge is 2.38. The Kier molecular flexibility index (Phi) is 4.81. The minimum Gasteiger partial charge on any atom is -0.380 e. The molecule has 1 saturated carbocycles. The first-order valence-corrected chi connectivity index (χ1v) is 6.91. The van der Waals surface area contributed by atoms with Gasteiger partial charge in [-0.1, -0.05) is 18.2 Å². The van der Waals surface area contributed by atoms with E-state index >= 15 is 0 Å². The maximum absolute atomic E-state index is 5.50. The van der Waals surface area contributed by atoms with E-state index in [1.165, 1.54) is 12.8 Å². The van der Waals surface area contributed by atoms with E-state index in [4.69, 9.17) is 4.74 Å². The lowest BCUT2D eigenvalue weighted by Crippen LogP contribution is -2.37. The van der Waals surface area contributed by atoms with Gasteiger partial charge in [0.15, 0.2) is 0 Å². The Morgan fingerprint density at radius 2 is 2.29 bits per heavy atom. The van der Waals surface area contributed by atoms with Crippen molar-refractivity contribution in [2.45, 2.75) is 32.2 Å². The van der Waals surface area contributed by atoms with Crippen molar-refractivity contribution in [3.63, 3.8) is 0 Å². The fourth-order valence-electron chi connectivity index (χ4n) is 3.18. The second kappa shape index (κ2) is 6.36. The van der Waals surface area contributed by atoms with E-state index in [1.807, 2.05) is 6.08 Å². The zero-order valence-corrected chi connectivity index (χ0v) is 10.9. The molecule has 2 rings (SSSR count). The van der Waals surface area contributed by atoms with Gasteiger partial charge in [0.2, 0.25) is 0 Å². The minimum absolute atomic E-state index is 0.623. The van der Waals surface area contributed by atoms with Crippen LogP contribution in [0.5, 0.6) is 0 Å². The van der Waals surface area contributed by atoms with Crippen LogP contribution in [0.4, 0.5) is 0 Å². The van der Waals surface area contributed by atoms with E-state index in [1.54, 1.807) is 0 Å². The van der Waals surface area contributed by atoms with Crippen LogP contribution in [0.1, 0.15) is 26.2 Å². The normalized spacial score (nSPS) is 31.9. The highest BCUT2D eigenvalue weighted by Crippen LogP contribution is 2.44. The predicted octanol–water partition coefficient (Wildman–Crippen LogP) is 2.77. The van der Waals surface area contributed by atoms with Gasteiger partial charge in [0.05, 0.1) is 13.2 Å². The Balaban J connectivity index is 1.57. The van der Waals surface area contributed by atoms with Gasteiger partial charge in [0.25, 0.3) is 0 Å². The van der Waals surface area contributed by atoms with Crippen molar-refractivity contribution in [2.24, 2.45) is 17.8 Å². The third kappa shape index (κ3) is 3.43. The summed E-state index contributed by atoms with van der Waals surface area (Å²) in [5.41, 5.74) is 0. The van der Waals surface area contributed by atoms with E-state index in [2.05, 4.69) is 31.0 Å². The summed E-state index contributed by atoms with van der Waals surface area (Å²) < 4.78 is 5.50. The summed E-state index contributed by atoms with van der Waals surface area (Å²) in [5.74, 6) is 2.56. The zero-order valence-electron chi connectivity index (χ0n) is 10.9. The Morgan fingerprint density at radius 1 is 1.41 bits per heavy atom. The molecule has 0 radical (unpaired) electrons. The Bertz CT molecular complexity index is 274. The van der Waals surface area contributed by atoms with Crippen LogP contribution in [-0.4, -0.2) is 25.8 Å². The van der Waals surface area contributed by atoms with Crippen molar-refractivity contribution >= 4 is 0 Å². The number of ether oxygens (including phenoxy) is 1. The Hall–Kier alpha value is -0.600. The van der Waals surface area contributed by atoms with Gasteiger partial charge in [-0.15, -0.1) is 6.58 Å². The second-order valence-electron chi connectivity index (χ2n) is 5.38. The molecule has 17 heavy (non-hydrogen) atoms. The molecule has 1 fully saturated rings. The van der Waals surface area contributed by atoms with Gasteiger partial charge >= 0.3 is 0 Å². The number of hydrogen-bond donors (Lipinski definition) is 1. The van der Waals surface area contributed by atoms with Crippen LogP contribution in [0.25, 0.3) is 0 Å². The minimum atomic E-state index is 0.623. The maximum atomic E-state index is 5.50. The first-order chi connectivity index (χ1) is 8.31. The number of allylic oxidation sites excluding steroid dienone is 2. The molecule has 0 spiro atoms.